The molecule has 1 N–H and O–H groups in total. The molecule has 0 spiro atoms. The number of hydrogen-bond acceptors (Lipinski definition) is 3. The van der Waals surface area contributed by atoms with Gasteiger partial charge in [0.25, 0.3) is 0 Å². The molecular weight excluding hydrogens is 406 g/mol. The monoisotopic (exact) mass is 416 g/mol. The second kappa shape index (κ2) is 7.15. The Morgan fingerprint density at radius 2 is 1.16 bits per heavy atom. The molecule has 0 saturated carbocycles. The summed E-state index contributed by atoms with van der Waals surface area (Å²) in [7, 11) is -5.36. The van der Waals surface area contributed by atoms with E-state index >= 15 is 0 Å². The molecule has 1 unspecified atom stereocenters. The predicted molar refractivity (Wildman–Crippen MR) is 61.1 cm³/mol. The number of carboxylic acid groups (broad SMARTS) is 1. The summed E-state index contributed by atoms with van der Waals surface area (Å²) in [5.41, 5.74) is 0. The minimum Gasteiger partial charge on any atom is -0.480 e. The molecule has 4 nitrogen and oxygen atoms in total. The first-order valence-corrected chi connectivity index (χ1v) is 7.79. The van der Waals surface area contributed by atoms with E-state index in [1.807, 2.05) is 0 Å². The molecule has 0 bridgehead atoms. The predicted octanol–water partition coefficient (Wildman–Crippen LogP) is 3.42. The lowest BCUT2D eigenvalue weighted by atomic mass is 10.1. The maximum atomic E-state index is 12.7. The van der Waals surface area contributed by atoms with Gasteiger partial charge in [-0.2, -0.15) is 43.9 Å². The Kier molecular flexibility index (Phi) is 6.78. The zero-order chi connectivity index (χ0) is 20.5. The number of carbonyl (C=O) groups is 1. The van der Waals surface area contributed by atoms with Crippen LogP contribution in [0.4, 0.5) is 43.9 Å². The molecule has 0 aromatic rings. The van der Waals surface area contributed by atoms with E-state index in [0.29, 0.717) is 0 Å². The van der Waals surface area contributed by atoms with Crippen molar-refractivity contribution in [2.75, 3.05) is 5.75 Å². The summed E-state index contributed by atoms with van der Waals surface area (Å²) >= 11 is 0. The van der Waals surface area contributed by atoms with Crippen molar-refractivity contribution < 1.29 is 62.2 Å². The number of rotatable bonds is 8. The van der Waals surface area contributed by atoms with Gasteiger partial charge in [0.15, 0.2) is 15.1 Å². The first-order valence-electron chi connectivity index (χ1n) is 6.08. The number of halogens is 10. The fourth-order valence-electron chi connectivity index (χ4n) is 1.47. The molecule has 0 aliphatic carbocycles. The first kappa shape index (κ1) is 23.7. The summed E-state index contributed by atoms with van der Waals surface area (Å²) < 4.78 is 145. The third kappa shape index (κ3) is 6.18. The molecular formula is C10H10F10O4S. The normalized spacial score (nSPS) is 15.9. The van der Waals surface area contributed by atoms with Crippen molar-refractivity contribution in [1.29, 1.82) is 0 Å². The van der Waals surface area contributed by atoms with Crippen molar-refractivity contribution >= 4 is 15.8 Å². The molecule has 0 aromatic heterocycles. The fourth-order valence-corrected chi connectivity index (χ4v) is 3.07. The maximum absolute atomic E-state index is 12.7. The van der Waals surface area contributed by atoms with E-state index in [-0.39, 0.29) is 0 Å². The van der Waals surface area contributed by atoms with Crippen LogP contribution in [0.2, 0.25) is 0 Å². The Labute approximate surface area is 133 Å². The van der Waals surface area contributed by atoms with Crippen molar-refractivity contribution in [3.05, 3.63) is 0 Å². The molecule has 1 atom stereocenters. The van der Waals surface area contributed by atoms with E-state index in [0.717, 1.165) is 0 Å². The summed E-state index contributed by atoms with van der Waals surface area (Å²) in [5.74, 6) is -15.5. The summed E-state index contributed by atoms with van der Waals surface area (Å²) in [4.78, 5) is 10.7. The van der Waals surface area contributed by atoms with Crippen LogP contribution in [-0.2, 0) is 14.6 Å². The second-order valence-electron chi connectivity index (χ2n) is 4.89. The molecule has 0 heterocycles. The SMILES string of the molecule is O=C(O)C(CCC(F)(F)C(F)(F)F)S(=O)(=O)CCC(F)(F)C(F)(F)F. The van der Waals surface area contributed by atoms with Crippen molar-refractivity contribution in [3.8, 4) is 0 Å². The number of alkyl halides is 10. The summed E-state index contributed by atoms with van der Waals surface area (Å²) in [6, 6.07) is 0. The van der Waals surface area contributed by atoms with Crippen molar-refractivity contribution in [3.63, 3.8) is 0 Å². The quantitative estimate of drug-likeness (QED) is 0.616. The van der Waals surface area contributed by atoms with Gasteiger partial charge in [-0.25, -0.2) is 8.42 Å². The van der Waals surface area contributed by atoms with Crippen LogP contribution in [-0.4, -0.2) is 54.7 Å². The summed E-state index contributed by atoms with van der Waals surface area (Å²) in [5, 5.41) is 5.59. The van der Waals surface area contributed by atoms with Gasteiger partial charge in [0.05, 0.1) is 5.75 Å². The van der Waals surface area contributed by atoms with Crippen molar-refractivity contribution in [2.24, 2.45) is 0 Å². The van der Waals surface area contributed by atoms with E-state index in [1.54, 1.807) is 0 Å². The van der Waals surface area contributed by atoms with Gasteiger partial charge in [0.2, 0.25) is 0 Å². The molecule has 25 heavy (non-hydrogen) atoms. The molecule has 0 radical (unpaired) electrons. The molecule has 0 rings (SSSR count). The van der Waals surface area contributed by atoms with E-state index < -0.39 is 70.3 Å². The zero-order valence-corrected chi connectivity index (χ0v) is 12.6. The van der Waals surface area contributed by atoms with Crippen LogP contribution >= 0.6 is 0 Å². The highest BCUT2D eigenvalue weighted by atomic mass is 32.2. The molecule has 0 aliphatic heterocycles. The highest BCUT2D eigenvalue weighted by Crippen LogP contribution is 2.40. The minimum absolute atomic E-state index is 1.83. The number of hydrogen-bond donors (Lipinski definition) is 1. The molecule has 0 saturated heterocycles. The van der Waals surface area contributed by atoms with Crippen LogP contribution in [0, 0.1) is 0 Å². The highest BCUT2D eigenvalue weighted by Gasteiger charge is 2.59. The lowest BCUT2D eigenvalue weighted by Gasteiger charge is -2.22. The lowest BCUT2D eigenvalue weighted by Crippen LogP contribution is -2.42. The van der Waals surface area contributed by atoms with Crippen LogP contribution < -0.4 is 0 Å². The average Bonchev–Trinajstić information content (AvgIpc) is 2.33. The standard InChI is InChI=1S/C10H10F10O4S/c11-7(12,9(15,16)17)2-1-5(6(21)22)25(23,24)4-3-8(13,14)10(18,19)20/h5H,1-4H2,(H,21,22). The molecule has 0 fully saturated rings. The topological polar surface area (TPSA) is 71.4 Å². The molecule has 0 amide bonds. The third-order valence-electron chi connectivity index (χ3n) is 2.96. The van der Waals surface area contributed by atoms with Crippen LogP contribution in [0.1, 0.15) is 19.3 Å². The highest BCUT2D eigenvalue weighted by molar-refractivity contribution is 7.92. The Balaban J connectivity index is 5.25. The molecule has 0 aromatic carbocycles. The van der Waals surface area contributed by atoms with Gasteiger partial charge in [-0.1, -0.05) is 0 Å². The van der Waals surface area contributed by atoms with Gasteiger partial charge in [0, 0.05) is 12.8 Å². The van der Waals surface area contributed by atoms with Gasteiger partial charge in [0.1, 0.15) is 0 Å². The van der Waals surface area contributed by atoms with E-state index in [9.17, 15) is 57.1 Å². The summed E-state index contributed by atoms with van der Waals surface area (Å²) in [6.07, 6.45) is -18.8. The van der Waals surface area contributed by atoms with Crippen LogP contribution in [0.15, 0.2) is 0 Å². The number of carboxylic acids is 1. The Bertz CT molecular complexity index is 577. The van der Waals surface area contributed by atoms with Gasteiger partial charge >= 0.3 is 30.2 Å². The largest absolute Gasteiger partial charge is 0.480 e. The van der Waals surface area contributed by atoms with Gasteiger partial charge in [-0.15, -0.1) is 0 Å². The maximum Gasteiger partial charge on any atom is 0.453 e. The Morgan fingerprint density at radius 1 is 0.800 bits per heavy atom. The van der Waals surface area contributed by atoms with E-state index in [1.165, 1.54) is 0 Å². The number of aliphatic carboxylic acids is 1. The van der Waals surface area contributed by atoms with Crippen LogP contribution in [0.5, 0.6) is 0 Å². The average molecular weight is 416 g/mol. The zero-order valence-electron chi connectivity index (χ0n) is 11.8. The van der Waals surface area contributed by atoms with Gasteiger partial charge in [-0.3, -0.25) is 4.79 Å². The molecule has 0 aliphatic rings. The summed E-state index contributed by atoms with van der Waals surface area (Å²) in [6.45, 7) is 0. The smallest absolute Gasteiger partial charge is 0.453 e. The van der Waals surface area contributed by atoms with Crippen LogP contribution in [0.3, 0.4) is 0 Å². The molecule has 150 valence electrons. The first-order chi connectivity index (χ1) is 10.7. The lowest BCUT2D eigenvalue weighted by molar-refractivity contribution is -0.284. The van der Waals surface area contributed by atoms with Gasteiger partial charge in [-0.05, 0) is 6.42 Å². The Morgan fingerprint density at radius 3 is 1.48 bits per heavy atom. The van der Waals surface area contributed by atoms with Crippen molar-refractivity contribution in [1.82, 2.24) is 0 Å². The minimum atomic E-state index is -6.15. The second-order valence-corrected chi connectivity index (χ2v) is 7.19. The van der Waals surface area contributed by atoms with E-state index in [4.69, 9.17) is 5.11 Å². The van der Waals surface area contributed by atoms with Crippen LogP contribution in [0.25, 0.3) is 0 Å². The third-order valence-corrected chi connectivity index (χ3v) is 5.04. The number of sulfone groups is 1. The van der Waals surface area contributed by atoms with Gasteiger partial charge < -0.3 is 5.11 Å². The molecule has 15 heteroatoms. The fraction of sp³-hybridized carbons (Fsp3) is 0.900. The van der Waals surface area contributed by atoms with E-state index in [2.05, 4.69) is 0 Å². The Hall–Kier alpha value is -1.28. The van der Waals surface area contributed by atoms with Crippen molar-refractivity contribution in [2.45, 2.75) is 48.7 Å².